The predicted octanol–water partition coefficient (Wildman–Crippen LogP) is 2.10. The van der Waals surface area contributed by atoms with Crippen molar-refractivity contribution in [3.63, 3.8) is 0 Å². The van der Waals surface area contributed by atoms with Gasteiger partial charge in [-0.25, -0.2) is 4.79 Å². The maximum Gasteiger partial charge on any atom is 0.340 e. The first-order valence-corrected chi connectivity index (χ1v) is 14.0. The lowest BCUT2D eigenvalue weighted by molar-refractivity contribution is -0.166. The van der Waals surface area contributed by atoms with Crippen LogP contribution in [0.3, 0.4) is 0 Å². The molecular weight excluding hydrogens is 562 g/mol. The molecule has 3 amide bonds. The molecule has 1 aromatic carbocycles. The Morgan fingerprint density at radius 2 is 2.11 bits per heavy atom. The van der Waals surface area contributed by atoms with E-state index in [1.807, 2.05) is 0 Å². The molecule has 2 aromatic rings. The van der Waals surface area contributed by atoms with Crippen molar-refractivity contribution < 1.29 is 36.6 Å². The Morgan fingerprint density at radius 3 is 2.76 bits per heavy atom. The van der Waals surface area contributed by atoms with E-state index in [1.54, 1.807) is 19.1 Å². The molecule has 0 radical (unpaired) electrons. The van der Waals surface area contributed by atoms with Gasteiger partial charge in [-0.2, -0.15) is 20.2 Å². The average Bonchev–Trinajstić information content (AvgIpc) is 3.12. The number of rotatable bonds is 11. The third kappa shape index (κ3) is 7.08. The molecule has 3 rings (SSSR count). The Hall–Kier alpha value is -3.50. The Kier molecular flexibility index (Phi) is 9.45. The van der Waals surface area contributed by atoms with Crippen molar-refractivity contribution in [2.45, 2.75) is 31.4 Å². The number of carbonyl (C=O) groups excluding carboxylic acids is 3. The summed E-state index contributed by atoms with van der Waals surface area (Å²) in [5, 5.41) is 5.01. The number of thioether (sulfide) groups is 1. The van der Waals surface area contributed by atoms with E-state index < -0.39 is 39.2 Å². The van der Waals surface area contributed by atoms with E-state index in [4.69, 9.17) is 31.6 Å². The molecule has 0 unspecified atom stereocenters. The molecule has 1 aliphatic rings. The molecule has 0 bridgehead atoms. The summed E-state index contributed by atoms with van der Waals surface area (Å²) in [6.45, 7) is 1.98. The minimum atomic E-state index is -4.74. The van der Waals surface area contributed by atoms with Crippen molar-refractivity contribution in [2.24, 2.45) is 5.11 Å². The third-order valence-corrected chi connectivity index (χ3v) is 7.75. The van der Waals surface area contributed by atoms with Crippen LogP contribution in [0, 0.1) is 6.92 Å². The Bertz CT molecular complexity index is 1520. The second-order valence-electron chi connectivity index (χ2n) is 7.95. The summed E-state index contributed by atoms with van der Waals surface area (Å²) in [7, 11) is -4.74. The normalized spacial score (nSPS) is 15.4. The molecule has 38 heavy (non-hydrogen) atoms. The molecule has 14 nitrogen and oxygen atoms in total. The second kappa shape index (κ2) is 12.4. The van der Waals surface area contributed by atoms with Crippen molar-refractivity contribution in [2.75, 3.05) is 18.1 Å². The van der Waals surface area contributed by atoms with Crippen molar-refractivity contribution in [1.82, 2.24) is 10.4 Å². The van der Waals surface area contributed by atoms with Crippen LogP contribution < -0.4 is 10.9 Å². The maximum atomic E-state index is 12.4. The zero-order chi connectivity index (χ0) is 28.0. The molecule has 0 spiro atoms. The van der Waals surface area contributed by atoms with E-state index in [-0.39, 0.29) is 46.6 Å². The number of hydroxylamine groups is 2. The van der Waals surface area contributed by atoms with Gasteiger partial charge in [-0.3, -0.25) is 18.9 Å². The van der Waals surface area contributed by atoms with Crippen LogP contribution in [-0.2, 0) is 35.8 Å². The van der Waals surface area contributed by atoms with E-state index in [1.165, 1.54) is 17.8 Å². The number of azide groups is 1. The highest BCUT2D eigenvalue weighted by molar-refractivity contribution is 7.99. The van der Waals surface area contributed by atoms with Crippen LogP contribution in [0.4, 0.5) is 5.69 Å². The quantitative estimate of drug-likeness (QED) is 0.0572. The molecule has 1 atom stereocenters. The number of thiocarbonyl (C=S) groups is 1. The van der Waals surface area contributed by atoms with Gasteiger partial charge in [-0.05, 0) is 36.3 Å². The van der Waals surface area contributed by atoms with Crippen LogP contribution in [0.25, 0.3) is 21.4 Å². The van der Waals surface area contributed by atoms with Crippen molar-refractivity contribution in [3.05, 3.63) is 50.2 Å². The lowest BCUT2D eigenvalue weighted by Crippen LogP contribution is -2.36. The number of fused-ring (bicyclic) bond motifs is 1. The van der Waals surface area contributed by atoms with Crippen LogP contribution in [0.5, 0.6) is 0 Å². The number of benzene rings is 1. The molecule has 202 valence electrons. The second-order valence-corrected chi connectivity index (χ2v) is 11.2. The largest absolute Gasteiger partial charge is 0.422 e. The molecule has 1 aromatic heterocycles. The van der Waals surface area contributed by atoms with Gasteiger partial charge in [0.15, 0.2) is 10.3 Å². The molecule has 1 fully saturated rings. The molecule has 2 heterocycles. The van der Waals surface area contributed by atoms with Gasteiger partial charge in [-0.1, -0.05) is 17.2 Å². The molecule has 2 N–H and O–H groups in total. The van der Waals surface area contributed by atoms with Crippen molar-refractivity contribution in [3.8, 4) is 0 Å². The Labute approximate surface area is 225 Å². The molecule has 1 aliphatic heterocycles. The lowest BCUT2D eigenvalue weighted by atomic mass is 10.0. The van der Waals surface area contributed by atoms with E-state index in [9.17, 15) is 27.6 Å². The molecule has 1 saturated heterocycles. The first-order chi connectivity index (χ1) is 17.9. The standard InChI is InChI=1S/C21H21N5O9S3/c1-11-13-3-2-12(24-25-22)8-15(13)34-21(30)14(11)9-17(27)23-5-7-37-6-4-19(36)35-26-18(28)10-16(20(26)29)38(31,32)33/h2-3,8,16H,4-7,9-10H2,1H3,(H,23,27)(H,31,32,33)/t16-/m1/s1. The fourth-order valence-electron chi connectivity index (χ4n) is 3.50. The summed E-state index contributed by atoms with van der Waals surface area (Å²) in [4.78, 5) is 56.2. The number of nitrogens with zero attached hydrogens (tertiary/aromatic N) is 4. The summed E-state index contributed by atoms with van der Waals surface area (Å²) >= 11 is 6.36. The van der Waals surface area contributed by atoms with Crippen LogP contribution in [0.2, 0.25) is 0 Å². The van der Waals surface area contributed by atoms with Gasteiger partial charge in [0.25, 0.3) is 21.9 Å². The van der Waals surface area contributed by atoms with Gasteiger partial charge in [0.1, 0.15) is 5.58 Å². The maximum absolute atomic E-state index is 12.4. The monoisotopic (exact) mass is 583 g/mol. The van der Waals surface area contributed by atoms with E-state index in [0.717, 1.165) is 0 Å². The van der Waals surface area contributed by atoms with Crippen LogP contribution in [0.1, 0.15) is 24.0 Å². The van der Waals surface area contributed by atoms with Crippen LogP contribution in [0.15, 0.2) is 32.5 Å². The first-order valence-electron chi connectivity index (χ1n) is 10.9. The highest BCUT2D eigenvalue weighted by Crippen LogP contribution is 2.25. The number of aryl methyl sites for hydroxylation is 1. The minimum absolute atomic E-state index is 0.121. The highest BCUT2D eigenvalue weighted by Gasteiger charge is 2.48. The lowest BCUT2D eigenvalue weighted by Gasteiger charge is -2.15. The smallest absolute Gasteiger partial charge is 0.340 e. The fraction of sp³-hybridized carbons (Fsp3) is 0.381. The number of hydrogen-bond acceptors (Lipinski definition) is 11. The summed E-state index contributed by atoms with van der Waals surface area (Å²) in [5.41, 5.74) is 9.22. The number of imide groups is 1. The van der Waals surface area contributed by atoms with Gasteiger partial charge >= 0.3 is 5.63 Å². The van der Waals surface area contributed by atoms with Crippen LogP contribution in [-0.4, -0.2) is 64.1 Å². The molecular formula is C21H21N5O9S3. The van der Waals surface area contributed by atoms with Crippen LogP contribution >= 0.6 is 24.0 Å². The van der Waals surface area contributed by atoms with Gasteiger partial charge in [0, 0.05) is 40.5 Å². The Balaban J connectivity index is 1.42. The summed E-state index contributed by atoms with van der Waals surface area (Å²) in [6.07, 6.45) is -0.763. The first kappa shape index (κ1) is 29.1. The van der Waals surface area contributed by atoms with E-state index in [2.05, 4.69) is 15.3 Å². The zero-order valence-electron chi connectivity index (χ0n) is 19.8. The van der Waals surface area contributed by atoms with E-state index >= 15 is 0 Å². The SMILES string of the molecule is Cc1c(CC(=O)NCCSCCC(=S)ON2C(=O)C[C@@H](S(=O)(=O)O)C2=O)c(=O)oc2cc(N=[N+]=[N-])ccc12. The van der Waals surface area contributed by atoms with Gasteiger partial charge in [-0.15, -0.1) is 5.06 Å². The summed E-state index contributed by atoms with van der Waals surface area (Å²) in [5.74, 6) is -1.62. The molecule has 0 aliphatic carbocycles. The minimum Gasteiger partial charge on any atom is -0.422 e. The van der Waals surface area contributed by atoms with Crippen molar-refractivity contribution in [1.29, 1.82) is 0 Å². The Morgan fingerprint density at radius 1 is 1.37 bits per heavy atom. The number of hydrogen-bond donors (Lipinski definition) is 2. The molecule has 0 saturated carbocycles. The predicted molar refractivity (Wildman–Crippen MR) is 140 cm³/mol. The summed E-state index contributed by atoms with van der Waals surface area (Å²) < 4.78 is 36.6. The van der Waals surface area contributed by atoms with Gasteiger partial charge < -0.3 is 14.6 Å². The fourth-order valence-corrected chi connectivity index (χ4v) is 5.29. The molecule has 17 heteroatoms. The van der Waals surface area contributed by atoms with E-state index in [0.29, 0.717) is 28.1 Å². The number of nitrogens with one attached hydrogen (secondary N) is 1. The average molecular weight is 584 g/mol. The summed E-state index contributed by atoms with van der Waals surface area (Å²) in [6, 6.07) is 4.66. The third-order valence-electron chi connectivity index (χ3n) is 5.40. The van der Waals surface area contributed by atoms with Gasteiger partial charge in [0.2, 0.25) is 5.91 Å². The number of carbonyl (C=O) groups is 3. The zero-order valence-corrected chi connectivity index (χ0v) is 22.2. The highest BCUT2D eigenvalue weighted by atomic mass is 32.2. The topological polar surface area (TPSA) is 209 Å². The van der Waals surface area contributed by atoms with Crippen molar-refractivity contribution >= 4 is 73.5 Å². The van der Waals surface area contributed by atoms with Gasteiger partial charge in [0.05, 0.1) is 18.4 Å². The number of amides is 3.